The Balaban J connectivity index is 2.61. The summed E-state index contributed by atoms with van der Waals surface area (Å²) in [7, 11) is 0. The van der Waals surface area contributed by atoms with Crippen LogP contribution in [0.3, 0.4) is 0 Å². The van der Waals surface area contributed by atoms with Crippen LogP contribution < -0.4 is 5.32 Å². The van der Waals surface area contributed by atoms with Crippen molar-refractivity contribution >= 4 is 11.3 Å². The summed E-state index contributed by atoms with van der Waals surface area (Å²) >= 11 is 1.68. The number of rotatable bonds is 10. The van der Waals surface area contributed by atoms with E-state index >= 15 is 0 Å². The molecule has 1 rings (SSSR count). The molecule has 1 atom stereocenters. The van der Waals surface area contributed by atoms with Crippen molar-refractivity contribution in [2.24, 2.45) is 0 Å². The zero-order valence-electron chi connectivity index (χ0n) is 11.5. The Morgan fingerprint density at radius 1 is 1.28 bits per heavy atom. The minimum absolute atomic E-state index is 0.163. The molecule has 0 spiro atoms. The highest BCUT2D eigenvalue weighted by Crippen LogP contribution is 2.12. The third-order valence-corrected chi connectivity index (χ3v) is 3.33. The van der Waals surface area contributed by atoms with E-state index in [0.29, 0.717) is 13.2 Å². The van der Waals surface area contributed by atoms with Crippen molar-refractivity contribution in [1.82, 2.24) is 10.3 Å². The normalized spacial score (nSPS) is 13.1. The van der Waals surface area contributed by atoms with Crippen molar-refractivity contribution in [3.05, 3.63) is 16.6 Å². The molecular weight excluding hydrogens is 248 g/mol. The number of nitrogens with one attached hydrogen (secondary N) is 1. The first-order valence-corrected chi connectivity index (χ1v) is 7.54. The van der Waals surface area contributed by atoms with Gasteiger partial charge in [-0.15, -0.1) is 11.3 Å². The Hall–Kier alpha value is -0.490. The maximum Gasteiger partial charge on any atom is 0.173 e. The highest BCUT2D eigenvalue weighted by molar-refractivity contribution is 7.09. The molecule has 0 amide bonds. The fourth-order valence-corrected chi connectivity index (χ4v) is 2.42. The van der Waals surface area contributed by atoms with Crippen LogP contribution in [0.15, 0.2) is 11.6 Å². The van der Waals surface area contributed by atoms with E-state index in [1.165, 1.54) is 0 Å². The third-order valence-electron chi connectivity index (χ3n) is 2.52. The van der Waals surface area contributed by atoms with Gasteiger partial charge in [-0.3, -0.25) is 0 Å². The SMILES string of the molecule is CCCNC(Cc1nccs1)C(OCC)OCC. The molecule has 4 nitrogen and oxygen atoms in total. The van der Waals surface area contributed by atoms with Gasteiger partial charge in [0.1, 0.15) is 0 Å². The average molecular weight is 272 g/mol. The first kappa shape index (κ1) is 15.6. The minimum atomic E-state index is -0.199. The summed E-state index contributed by atoms with van der Waals surface area (Å²) in [6.07, 6.45) is 3.59. The van der Waals surface area contributed by atoms with E-state index in [1.54, 1.807) is 11.3 Å². The highest BCUT2D eigenvalue weighted by atomic mass is 32.1. The van der Waals surface area contributed by atoms with Crippen LogP contribution >= 0.6 is 11.3 Å². The number of hydrogen-bond donors (Lipinski definition) is 1. The highest BCUT2D eigenvalue weighted by Gasteiger charge is 2.22. The predicted octanol–water partition coefficient (Wildman–Crippen LogP) is 2.45. The lowest BCUT2D eigenvalue weighted by molar-refractivity contribution is -0.153. The molecular formula is C13H24N2O2S. The molecule has 0 saturated carbocycles. The van der Waals surface area contributed by atoms with Crippen LogP contribution in [0.4, 0.5) is 0 Å². The van der Waals surface area contributed by atoms with Crippen LogP contribution in [0.25, 0.3) is 0 Å². The first-order chi connectivity index (χ1) is 8.81. The Bertz CT molecular complexity index is 287. The second-order valence-electron chi connectivity index (χ2n) is 3.97. The van der Waals surface area contributed by atoms with Crippen LogP contribution in [0, 0.1) is 0 Å². The summed E-state index contributed by atoms with van der Waals surface area (Å²) in [5, 5.41) is 6.62. The molecule has 5 heteroatoms. The summed E-state index contributed by atoms with van der Waals surface area (Å²) in [5.41, 5.74) is 0. The van der Waals surface area contributed by atoms with E-state index in [4.69, 9.17) is 9.47 Å². The lowest BCUT2D eigenvalue weighted by Crippen LogP contribution is -2.45. The number of hydrogen-bond acceptors (Lipinski definition) is 5. The van der Waals surface area contributed by atoms with Crippen molar-refractivity contribution in [1.29, 1.82) is 0 Å². The molecule has 1 unspecified atom stereocenters. The Kier molecular flexibility index (Phi) is 8.17. The number of aromatic nitrogens is 1. The average Bonchev–Trinajstić information content (AvgIpc) is 2.87. The van der Waals surface area contributed by atoms with Gasteiger partial charge in [0.05, 0.1) is 11.0 Å². The second-order valence-corrected chi connectivity index (χ2v) is 4.95. The summed E-state index contributed by atoms with van der Waals surface area (Å²) in [6.45, 7) is 8.43. The molecule has 104 valence electrons. The van der Waals surface area contributed by atoms with Gasteiger partial charge in [0.25, 0.3) is 0 Å². The van der Waals surface area contributed by atoms with Gasteiger partial charge in [-0.05, 0) is 26.8 Å². The molecule has 0 saturated heterocycles. The number of ether oxygens (including phenoxy) is 2. The molecule has 0 radical (unpaired) electrons. The van der Waals surface area contributed by atoms with Gasteiger partial charge in [0, 0.05) is 31.2 Å². The van der Waals surface area contributed by atoms with Gasteiger partial charge < -0.3 is 14.8 Å². The summed E-state index contributed by atoms with van der Waals surface area (Å²) in [4.78, 5) is 4.33. The zero-order valence-corrected chi connectivity index (χ0v) is 12.3. The lowest BCUT2D eigenvalue weighted by atomic mass is 10.2. The fraction of sp³-hybridized carbons (Fsp3) is 0.769. The molecule has 1 N–H and O–H groups in total. The molecule has 0 aliphatic rings. The summed E-state index contributed by atoms with van der Waals surface area (Å²) in [6, 6.07) is 0.163. The van der Waals surface area contributed by atoms with Gasteiger partial charge in [0.2, 0.25) is 0 Å². The van der Waals surface area contributed by atoms with Crippen molar-refractivity contribution < 1.29 is 9.47 Å². The van der Waals surface area contributed by atoms with Gasteiger partial charge in [-0.25, -0.2) is 4.98 Å². The van der Waals surface area contributed by atoms with Crippen LogP contribution in [-0.2, 0) is 15.9 Å². The second kappa shape index (κ2) is 9.44. The molecule has 0 aliphatic carbocycles. The van der Waals surface area contributed by atoms with Gasteiger partial charge in [-0.1, -0.05) is 6.92 Å². The topological polar surface area (TPSA) is 43.4 Å². The van der Waals surface area contributed by atoms with Crippen LogP contribution in [0.1, 0.15) is 32.2 Å². The van der Waals surface area contributed by atoms with Crippen LogP contribution in [0.5, 0.6) is 0 Å². The first-order valence-electron chi connectivity index (χ1n) is 6.66. The molecule has 0 aromatic carbocycles. The summed E-state index contributed by atoms with van der Waals surface area (Å²) in [5.74, 6) is 0. The van der Waals surface area contributed by atoms with Gasteiger partial charge >= 0.3 is 0 Å². The Morgan fingerprint density at radius 2 is 2.00 bits per heavy atom. The minimum Gasteiger partial charge on any atom is -0.351 e. The molecule has 1 aromatic rings. The number of nitrogens with zero attached hydrogens (tertiary/aromatic N) is 1. The van der Waals surface area contributed by atoms with Crippen molar-refractivity contribution in [2.75, 3.05) is 19.8 Å². The number of thiazole rings is 1. The van der Waals surface area contributed by atoms with E-state index in [9.17, 15) is 0 Å². The smallest absolute Gasteiger partial charge is 0.173 e. The maximum absolute atomic E-state index is 5.68. The Morgan fingerprint density at radius 3 is 2.50 bits per heavy atom. The van der Waals surface area contributed by atoms with E-state index in [0.717, 1.165) is 24.4 Å². The lowest BCUT2D eigenvalue weighted by Gasteiger charge is -2.27. The van der Waals surface area contributed by atoms with E-state index in [1.807, 2.05) is 25.4 Å². The largest absolute Gasteiger partial charge is 0.351 e. The van der Waals surface area contributed by atoms with Crippen LogP contribution in [-0.4, -0.2) is 37.1 Å². The maximum atomic E-state index is 5.68. The summed E-state index contributed by atoms with van der Waals surface area (Å²) < 4.78 is 11.4. The van der Waals surface area contributed by atoms with Crippen molar-refractivity contribution in [3.63, 3.8) is 0 Å². The van der Waals surface area contributed by atoms with E-state index in [2.05, 4.69) is 17.2 Å². The third kappa shape index (κ3) is 5.44. The quantitative estimate of drug-likeness (QED) is 0.664. The van der Waals surface area contributed by atoms with Gasteiger partial charge in [0.15, 0.2) is 6.29 Å². The van der Waals surface area contributed by atoms with E-state index in [-0.39, 0.29) is 12.3 Å². The molecule has 1 heterocycles. The standard InChI is InChI=1S/C13H24N2O2S/c1-4-7-14-11(10-12-15-8-9-18-12)13(16-5-2)17-6-3/h8-9,11,13-14H,4-7,10H2,1-3H3. The molecule has 0 fully saturated rings. The van der Waals surface area contributed by atoms with Gasteiger partial charge in [-0.2, -0.15) is 0 Å². The zero-order chi connectivity index (χ0) is 13.2. The van der Waals surface area contributed by atoms with Crippen LogP contribution in [0.2, 0.25) is 0 Å². The molecule has 1 aromatic heterocycles. The molecule has 18 heavy (non-hydrogen) atoms. The monoisotopic (exact) mass is 272 g/mol. The Labute approximate surface area is 114 Å². The molecule has 0 bridgehead atoms. The molecule has 0 aliphatic heterocycles. The van der Waals surface area contributed by atoms with E-state index < -0.39 is 0 Å². The fourth-order valence-electron chi connectivity index (χ4n) is 1.75. The van der Waals surface area contributed by atoms with Crippen molar-refractivity contribution in [2.45, 2.75) is 45.9 Å². The van der Waals surface area contributed by atoms with Crippen molar-refractivity contribution in [3.8, 4) is 0 Å². The predicted molar refractivity (Wildman–Crippen MR) is 74.9 cm³/mol.